The third kappa shape index (κ3) is 5.53. The fourth-order valence-electron chi connectivity index (χ4n) is 3.18. The average molecular weight is 458 g/mol. The molecule has 3 rings (SSSR count). The molecule has 0 bridgehead atoms. The molecule has 1 saturated heterocycles. The molecule has 1 aliphatic rings. The number of rotatable bonds is 9. The molecule has 0 saturated carbocycles. The van der Waals surface area contributed by atoms with Gasteiger partial charge in [0.25, 0.3) is 0 Å². The van der Waals surface area contributed by atoms with Crippen LogP contribution in [0, 0.1) is 0 Å². The Morgan fingerprint density at radius 3 is 2.44 bits per heavy atom. The minimum Gasteiger partial charge on any atom is -0.497 e. The molecule has 2 aromatic carbocycles. The van der Waals surface area contributed by atoms with E-state index in [4.69, 9.17) is 14.2 Å². The van der Waals surface area contributed by atoms with E-state index in [1.807, 2.05) is 38.1 Å². The molecule has 170 valence electrons. The minimum absolute atomic E-state index is 0.0253. The molecular weight excluding hydrogens is 430 g/mol. The number of hydrogen-bond acceptors (Lipinski definition) is 7. The maximum atomic E-state index is 12.9. The number of amides is 2. The van der Waals surface area contributed by atoms with E-state index >= 15 is 0 Å². The number of nitrogens with one attached hydrogen (secondary N) is 1. The number of thioether (sulfide) groups is 1. The zero-order valence-electron chi connectivity index (χ0n) is 18.6. The summed E-state index contributed by atoms with van der Waals surface area (Å²) in [6.45, 7) is 4.88. The first kappa shape index (κ1) is 23.5. The Morgan fingerprint density at radius 2 is 1.81 bits per heavy atom. The van der Waals surface area contributed by atoms with Crippen LogP contribution < -0.4 is 19.5 Å². The number of nitrogens with zero attached hydrogens (tertiary/aromatic N) is 2. The van der Waals surface area contributed by atoms with Crippen molar-refractivity contribution in [1.82, 2.24) is 4.90 Å². The second kappa shape index (κ2) is 10.9. The Balaban J connectivity index is 1.69. The van der Waals surface area contributed by atoms with Gasteiger partial charge in [0.05, 0.1) is 32.2 Å². The van der Waals surface area contributed by atoms with Gasteiger partial charge in [-0.3, -0.25) is 14.5 Å². The Bertz CT molecular complexity index is 994. The molecule has 0 aliphatic carbocycles. The number of anilines is 1. The Kier molecular flexibility index (Phi) is 7.99. The van der Waals surface area contributed by atoms with Crippen molar-refractivity contribution in [2.45, 2.75) is 25.5 Å². The van der Waals surface area contributed by atoms with Crippen molar-refractivity contribution in [3.63, 3.8) is 0 Å². The third-order valence-corrected chi connectivity index (χ3v) is 5.94. The Morgan fingerprint density at radius 1 is 1.09 bits per heavy atom. The predicted octanol–water partition coefficient (Wildman–Crippen LogP) is 4.08. The topological polar surface area (TPSA) is 89.5 Å². The van der Waals surface area contributed by atoms with Crippen LogP contribution in [0.4, 0.5) is 11.4 Å². The predicted molar refractivity (Wildman–Crippen MR) is 126 cm³/mol. The Labute approximate surface area is 191 Å². The number of carbonyl (C=O) groups is 2. The highest BCUT2D eigenvalue weighted by Crippen LogP contribution is 2.33. The summed E-state index contributed by atoms with van der Waals surface area (Å²) in [6, 6.07) is 12.5. The van der Waals surface area contributed by atoms with Crippen LogP contribution in [0.2, 0.25) is 0 Å². The van der Waals surface area contributed by atoms with Gasteiger partial charge in [0.15, 0.2) is 5.17 Å². The molecule has 1 aliphatic heterocycles. The summed E-state index contributed by atoms with van der Waals surface area (Å²) >= 11 is 1.30. The second-order valence-corrected chi connectivity index (χ2v) is 8.00. The van der Waals surface area contributed by atoms with E-state index in [0.29, 0.717) is 35.5 Å². The first-order chi connectivity index (χ1) is 15.5. The smallest absolute Gasteiger partial charge is 0.242 e. The highest BCUT2D eigenvalue weighted by atomic mass is 32.2. The number of hydrogen-bond donors (Lipinski definition) is 1. The van der Waals surface area contributed by atoms with E-state index in [-0.39, 0.29) is 18.2 Å². The SMILES string of the molecule is CCOc1ccc(N=C2S[C@@H](CC(=O)Nc3ccc(OC)cc3OC)C(=O)N2CC)cc1. The van der Waals surface area contributed by atoms with E-state index in [0.717, 1.165) is 11.4 Å². The summed E-state index contributed by atoms with van der Waals surface area (Å²) < 4.78 is 15.9. The first-order valence-electron chi connectivity index (χ1n) is 10.3. The van der Waals surface area contributed by atoms with Gasteiger partial charge in [-0.05, 0) is 50.2 Å². The van der Waals surface area contributed by atoms with Gasteiger partial charge >= 0.3 is 0 Å². The lowest BCUT2D eigenvalue weighted by Gasteiger charge is -2.14. The van der Waals surface area contributed by atoms with E-state index in [1.54, 1.807) is 30.2 Å². The molecule has 0 aromatic heterocycles. The van der Waals surface area contributed by atoms with Crippen molar-refractivity contribution < 1.29 is 23.8 Å². The molecule has 2 aromatic rings. The monoisotopic (exact) mass is 457 g/mol. The number of amidine groups is 1. The van der Waals surface area contributed by atoms with Gasteiger partial charge in [0, 0.05) is 19.0 Å². The fourth-order valence-corrected chi connectivity index (χ4v) is 4.40. The standard InChI is InChI=1S/C23H27N3O5S/c1-5-26-22(28)20(32-23(26)24-15-7-9-16(10-8-15)31-6-2)14-21(27)25-18-12-11-17(29-3)13-19(18)30-4/h7-13,20H,5-6,14H2,1-4H3,(H,25,27)/t20-/m0/s1. The van der Waals surface area contributed by atoms with Crippen LogP contribution in [0.5, 0.6) is 17.2 Å². The van der Waals surface area contributed by atoms with Gasteiger partial charge < -0.3 is 19.5 Å². The molecular formula is C23H27N3O5S. The third-order valence-electron chi connectivity index (χ3n) is 4.76. The highest BCUT2D eigenvalue weighted by molar-refractivity contribution is 8.15. The number of benzene rings is 2. The van der Waals surface area contributed by atoms with E-state index in [1.165, 1.54) is 18.9 Å². The lowest BCUT2D eigenvalue weighted by molar-refractivity contribution is -0.128. The Hall–Kier alpha value is -3.20. The molecule has 2 amide bonds. The summed E-state index contributed by atoms with van der Waals surface area (Å²) in [5.41, 5.74) is 1.24. The maximum Gasteiger partial charge on any atom is 0.242 e. The zero-order valence-corrected chi connectivity index (χ0v) is 19.4. The normalized spacial score (nSPS) is 16.9. The summed E-state index contributed by atoms with van der Waals surface area (Å²) in [7, 11) is 3.07. The van der Waals surface area contributed by atoms with Crippen LogP contribution in [-0.2, 0) is 9.59 Å². The van der Waals surface area contributed by atoms with Gasteiger partial charge in [0.1, 0.15) is 22.5 Å². The number of ether oxygens (including phenoxy) is 3. The van der Waals surface area contributed by atoms with Gasteiger partial charge in [-0.1, -0.05) is 11.8 Å². The van der Waals surface area contributed by atoms with Gasteiger partial charge in [-0.15, -0.1) is 0 Å². The summed E-state index contributed by atoms with van der Waals surface area (Å²) in [6.07, 6.45) is 0.0253. The molecule has 9 heteroatoms. The molecule has 0 unspecified atom stereocenters. The van der Waals surface area contributed by atoms with Gasteiger partial charge in [-0.25, -0.2) is 4.99 Å². The fraction of sp³-hybridized carbons (Fsp3) is 0.348. The summed E-state index contributed by atoms with van der Waals surface area (Å²) in [5, 5.41) is 2.86. The van der Waals surface area contributed by atoms with Crippen LogP contribution in [0.15, 0.2) is 47.5 Å². The second-order valence-electron chi connectivity index (χ2n) is 6.83. The van der Waals surface area contributed by atoms with E-state index in [9.17, 15) is 9.59 Å². The van der Waals surface area contributed by atoms with Crippen LogP contribution >= 0.6 is 11.8 Å². The van der Waals surface area contributed by atoms with Gasteiger partial charge in [0.2, 0.25) is 11.8 Å². The number of aliphatic imine (C=N–C) groups is 1. The number of methoxy groups -OCH3 is 2. The van der Waals surface area contributed by atoms with Gasteiger partial charge in [-0.2, -0.15) is 0 Å². The van der Waals surface area contributed by atoms with E-state index < -0.39 is 5.25 Å². The molecule has 0 spiro atoms. The van der Waals surface area contributed by atoms with Crippen molar-refractivity contribution in [2.24, 2.45) is 4.99 Å². The molecule has 1 N–H and O–H groups in total. The van der Waals surface area contributed by atoms with Crippen molar-refractivity contribution in [3.8, 4) is 17.2 Å². The van der Waals surface area contributed by atoms with Crippen LogP contribution in [0.25, 0.3) is 0 Å². The first-order valence-corrected chi connectivity index (χ1v) is 11.2. The van der Waals surface area contributed by atoms with Crippen molar-refractivity contribution in [3.05, 3.63) is 42.5 Å². The molecule has 1 heterocycles. The average Bonchev–Trinajstić information content (AvgIpc) is 3.09. The van der Waals surface area contributed by atoms with Crippen molar-refractivity contribution in [1.29, 1.82) is 0 Å². The van der Waals surface area contributed by atoms with Crippen LogP contribution in [0.1, 0.15) is 20.3 Å². The van der Waals surface area contributed by atoms with E-state index in [2.05, 4.69) is 10.3 Å². The molecule has 32 heavy (non-hydrogen) atoms. The highest BCUT2D eigenvalue weighted by Gasteiger charge is 2.38. The summed E-state index contributed by atoms with van der Waals surface area (Å²) in [5.74, 6) is 1.46. The largest absolute Gasteiger partial charge is 0.497 e. The lowest BCUT2D eigenvalue weighted by atomic mass is 10.2. The molecule has 0 radical (unpaired) electrons. The van der Waals surface area contributed by atoms with Crippen molar-refractivity contribution in [2.75, 3.05) is 32.7 Å². The lowest BCUT2D eigenvalue weighted by Crippen LogP contribution is -2.33. The zero-order chi connectivity index (χ0) is 23.1. The maximum absolute atomic E-state index is 12.9. The molecule has 8 nitrogen and oxygen atoms in total. The molecule has 1 atom stereocenters. The summed E-state index contributed by atoms with van der Waals surface area (Å²) in [4.78, 5) is 31.7. The molecule has 1 fully saturated rings. The minimum atomic E-state index is -0.541. The van der Waals surface area contributed by atoms with Crippen LogP contribution in [-0.4, -0.2) is 54.5 Å². The van der Waals surface area contributed by atoms with Crippen LogP contribution in [0.3, 0.4) is 0 Å². The van der Waals surface area contributed by atoms with Crippen molar-refractivity contribution >= 4 is 40.1 Å². The quantitative estimate of drug-likeness (QED) is 0.610. The number of carbonyl (C=O) groups excluding carboxylic acids is 2.